The maximum atomic E-state index is 10.2. The standard InChI is InChI=1S/C12H21NO2/c13-11-9-7-5-3-1-2-4-6-8-10-12(14)15/h3-6H,1-2,7-11,13H2,(H,14,15)/b5-3+,6-4+. The van der Waals surface area contributed by atoms with E-state index in [4.69, 9.17) is 10.8 Å². The minimum absolute atomic E-state index is 0.225. The van der Waals surface area contributed by atoms with Gasteiger partial charge >= 0.3 is 5.97 Å². The van der Waals surface area contributed by atoms with Crippen molar-refractivity contribution in [2.45, 2.75) is 38.5 Å². The molecule has 0 saturated carbocycles. The topological polar surface area (TPSA) is 63.3 Å². The second-order valence-electron chi connectivity index (χ2n) is 3.38. The first-order valence-corrected chi connectivity index (χ1v) is 5.49. The number of carbonyl (C=O) groups is 1. The molecule has 0 aromatic carbocycles. The lowest BCUT2D eigenvalue weighted by molar-refractivity contribution is -0.136. The number of nitrogens with two attached hydrogens (primary N) is 1. The molecule has 3 nitrogen and oxygen atoms in total. The van der Waals surface area contributed by atoms with E-state index >= 15 is 0 Å². The Morgan fingerprint density at radius 3 is 2.07 bits per heavy atom. The summed E-state index contributed by atoms with van der Waals surface area (Å²) in [7, 11) is 0. The monoisotopic (exact) mass is 211 g/mol. The fourth-order valence-electron chi connectivity index (χ4n) is 1.11. The van der Waals surface area contributed by atoms with Crippen LogP contribution in [0.25, 0.3) is 0 Å². The van der Waals surface area contributed by atoms with Gasteiger partial charge in [0.25, 0.3) is 0 Å². The lowest BCUT2D eigenvalue weighted by Crippen LogP contribution is -1.96. The SMILES string of the molecule is NCCC/C=C/CC/C=C/CCC(=O)O. The summed E-state index contributed by atoms with van der Waals surface area (Å²) in [6.45, 7) is 0.749. The van der Waals surface area contributed by atoms with E-state index in [1.807, 2.05) is 12.2 Å². The molecule has 0 saturated heterocycles. The van der Waals surface area contributed by atoms with Crippen molar-refractivity contribution in [2.24, 2.45) is 5.73 Å². The molecular formula is C12H21NO2. The van der Waals surface area contributed by atoms with Crippen molar-refractivity contribution in [2.75, 3.05) is 6.54 Å². The molecule has 0 amide bonds. The average molecular weight is 211 g/mol. The van der Waals surface area contributed by atoms with Crippen molar-refractivity contribution >= 4 is 5.97 Å². The number of carboxylic acids is 1. The molecule has 0 rings (SSSR count). The summed E-state index contributed by atoms with van der Waals surface area (Å²) in [5, 5.41) is 8.38. The molecule has 0 atom stereocenters. The van der Waals surface area contributed by atoms with Crippen LogP contribution in [0, 0.1) is 0 Å². The highest BCUT2D eigenvalue weighted by molar-refractivity contribution is 5.66. The predicted octanol–water partition coefficient (Wildman–Crippen LogP) is 2.48. The number of carboxylic acid groups (broad SMARTS) is 1. The van der Waals surface area contributed by atoms with E-state index in [2.05, 4.69) is 12.2 Å². The zero-order valence-electron chi connectivity index (χ0n) is 9.19. The molecule has 0 fully saturated rings. The van der Waals surface area contributed by atoms with Crippen molar-refractivity contribution in [1.82, 2.24) is 0 Å². The number of aliphatic carboxylic acids is 1. The van der Waals surface area contributed by atoms with Crippen molar-refractivity contribution in [3.05, 3.63) is 24.3 Å². The fraction of sp³-hybridized carbons (Fsp3) is 0.583. The third-order valence-electron chi connectivity index (χ3n) is 1.93. The normalized spacial score (nSPS) is 11.5. The van der Waals surface area contributed by atoms with E-state index in [1.165, 1.54) is 0 Å². The molecule has 86 valence electrons. The highest BCUT2D eigenvalue weighted by Crippen LogP contribution is 1.98. The van der Waals surface area contributed by atoms with Crippen LogP contribution in [-0.2, 0) is 4.79 Å². The van der Waals surface area contributed by atoms with Gasteiger partial charge in [-0.15, -0.1) is 0 Å². The van der Waals surface area contributed by atoms with Crippen LogP contribution < -0.4 is 5.73 Å². The number of unbranched alkanes of at least 4 members (excludes halogenated alkanes) is 2. The van der Waals surface area contributed by atoms with E-state index in [-0.39, 0.29) is 6.42 Å². The zero-order chi connectivity index (χ0) is 11.4. The first-order valence-electron chi connectivity index (χ1n) is 5.49. The molecule has 3 heteroatoms. The predicted molar refractivity (Wildman–Crippen MR) is 62.7 cm³/mol. The Kier molecular flexibility index (Phi) is 10.2. The Balaban J connectivity index is 3.22. The van der Waals surface area contributed by atoms with Gasteiger partial charge in [0, 0.05) is 6.42 Å². The van der Waals surface area contributed by atoms with E-state index in [9.17, 15) is 4.79 Å². The second-order valence-corrected chi connectivity index (χ2v) is 3.38. The highest BCUT2D eigenvalue weighted by atomic mass is 16.4. The quantitative estimate of drug-likeness (QED) is 0.455. The fourth-order valence-corrected chi connectivity index (χ4v) is 1.11. The van der Waals surface area contributed by atoms with Crippen LogP contribution >= 0.6 is 0 Å². The van der Waals surface area contributed by atoms with Crippen LogP contribution in [0.5, 0.6) is 0 Å². The van der Waals surface area contributed by atoms with Crippen LogP contribution in [0.4, 0.5) is 0 Å². The molecule has 3 N–H and O–H groups in total. The third kappa shape index (κ3) is 12.9. The van der Waals surface area contributed by atoms with Crippen LogP contribution in [0.3, 0.4) is 0 Å². The number of allylic oxidation sites excluding steroid dienone is 4. The molecule has 0 unspecified atom stereocenters. The third-order valence-corrected chi connectivity index (χ3v) is 1.93. The summed E-state index contributed by atoms with van der Waals surface area (Å²) in [5.74, 6) is -0.735. The molecule has 0 radical (unpaired) electrons. The molecular weight excluding hydrogens is 190 g/mol. The summed E-state index contributed by atoms with van der Waals surface area (Å²) in [5.41, 5.74) is 5.36. The van der Waals surface area contributed by atoms with Crippen LogP contribution in [0.1, 0.15) is 38.5 Å². The Morgan fingerprint density at radius 2 is 1.53 bits per heavy atom. The summed E-state index contributed by atoms with van der Waals surface area (Å²) in [6, 6.07) is 0. The van der Waals surface area contributed by atoms with Crippen LogP contribution in [-0.4, -0.2) is 17.6 Å². The van der Waals surface area contributed by atoms with E-state index < -0.39 is 5.97 Å². The molecule has 0 heterocycles. The molecule has 15 heavy (non-hydrogen) atoms. The minimum atomic E-state index is -0.735. The lowest BCUT2D eigenvalue weighted by atomic mass is 10.2. The van der Waals surface area contributed by atoms with Gasteiger partial charge in [-0.05, 0) is 38.6 Å². The maximum absolute atomic E-state index is 10.2. The van der Waals surface area contributed by atoms with Gasteiger partial charge in [-0.2, -0.15) is 0 Å². The summed E-state index contributed by atoms with van der Waals surface area (Å²) >= 11 is 0. The molecule has 0 bridgehead atoms. The smallest absolute Gasteiger partial charge is 0.303 e. The van der Waals surface area contributed by atoms with Gasteiger partial charge in [0.1, 0.15) is 0 Å². The molecule has 0 aliphatic heterocycles. The van der Waals surface area contributed by atoms with Crippen molar-refractivity contribution in [3.8, 4) is 0 Å². The van der Waals surface area contributed by atoms with Crippen molar-refractivity contribution in [1.29, 1.82) is 0 Å². The molecule has 0 aliphatic rings. The van der Waals surface area contributed by atoms with Crippen molar-refractivity contribution < 1.29 is 9.90 Å². The Morgan fingerprint density at radius 1 is 1.00 bits per heavy atom. The number of hydrogen-bond acceptors (Lipinski definition) is 2. The average Bonchev–Trinajstić information content (AvgIpc) is 2.20. The first-order chi connectivity index (χ1) is 7.27. The van der Waals surface area contributed by atoms with Gasteiger partial charge in [-0.3, -0.25) is 4.79 Å². The molecule has 0 aromatic heterocycles. The van der Waals surface area contributed by atoms with Crippen LogP contribution in [0.15, 0.2) is 24.3 Å². The van der Waals surface area contributed by atoms with Gasteiger partial charge < -0.3 is 10.8 Å². The van der Waals surface area contributed by atoms with E-state index in [0.717, 1.165) is 32.2 Å². The first kappa shape index (κ1) is 13.9. The number of hydrogen-bond donors (Lipinski definition) is 2. The number of rotatable bonds is 9. The van der Waals surface area contributed by atoms with E-state index in [1.54, 1.807) is 0 Å². The van der Waals surface area contributed by atoms with Crippen LogP contribution in [0.2, 0.25) is 0 Å². The van der Waals surface area contributed by atoms with Gasteiger partial charge in [0.15, 0.2) is 0 Å². The Bertz CT molecular complexity index is 210. The van der Waals surface area contributed by atoms with E-state index in [0.29, 0.717) is 6.42 Å². The largest absolute Gasteiger partial charge is 0.481 e. The Labute approximate surface area is 91.7 Å². The molecule has 0 spiro atoms. The summed E-state index contributed by atoms with van der Waals surface area (Å²) < 4.78 is 0. The molecule has 0 aliphatic carbocycles. The van der Waals surface area contributed by atoms with Gasteiger partial charge in [0.2, 0.25) is 0 Å². The maximum Gasteiger partial charge on any atom is 0.303 e. The van der Waals surface area contributed by atoms with Gasteiger partial charge in [0.05, 0.1) is 0 Å². The molecule has 0 aromatic rings. The summed E-state index contributed by atoms with van der Waals surface area (Å²) in [4.78, 5) is 10.2. The van der Waals surface area contributed by atoms with Gasteiger partial charge in [-0.1, -0.05) is 24.3 Å². The van der Waals surface area contributed by atoms with Crippen molar-refractivity contribution in [3.63, 3.8) is 0 Å². The zero-order valence-corrected chi connectivity index (χ0v) is 9.19. The second kappa shape index (κ2) is 11.0. The minimum Gasteiger partial charge on any atom is -0.481 e. The summed E-state index contributed by atoms with van der Waals surface area (Å²) in [6.07, 6.45) is 13.2. The lowest BCUT2D eigenvalue weighted by Gasteiger charge is -1.90. The Hall–Kier alpha value is -1.09. The highest BCUT2D eigenvalue weighted by Gasteiger charge is 1.90. The van der Waals surface area contributed by atoms with Gasteiger partial charge in [-0.25, -0.2) is 0 Å².